The van der Waals surface area contributed by atoms with Gasteiger partial charge in [-0.15, -0.1) is 0 Å². The fourth-order valence-corrected chi connectivity index (χ4v) is 2.26. The van der Waals surface area contributed by atoms with Crippen molar-refractivity contribution in [1.29, 1.82) is 0 Å². The van der Waals surface area contributed by atoms with Crippen LogP contribution in [-0.4, -0.2) is 40.6 Å². The monoisotopic (exact) mass is 242 g/mol. The van der Waals surface area contributed by atoms with Gasteiger partial charge in [0, 0.05) is 12.6 Å². The number of amides is 2. The summed E-state index contributed by atoms with van der Waals surface area (Å²) in [5.74, 6) is -0.967. The first-order valence-corrected chi connectivity index (χ1v) is 6.40. The summed E-state index contributed by atoms with van der Waals surface area (Å²) in [5, 5.41) is 11.5. The SMILES string of the molecule is CCC1CCCCN1C(=O)N[C@H](CC)C(=O)O. The van der Waals surface area contributed by atoms with Crippen LogP contribution in [0.1, 0.15) is 46.0 Å². The molecule has 0 saturated carbocycles. The molecule has 1 saturated heterocycles. The van der Waals surface area contributed by atoms with Gasteiger partial charge in [-0.3, -0.25) is 0 Å². The van der Waals surface area contributed by atoms with Crippen LogP contribution in [0, 0.1) is 0 Å². The van der Waals surface area contributed by atoms with E-state index in [1.54, 1.807) is 11.8 Å². The first kappa shape index (κ1) is 13.8. The minimum absolute atomic E-state index is 0.231. The molecule has 0 aliphatic carbocycles. The number of rotatable bonds is 4. The Hall–Kier alpha value is -1.26. The molecule has 0 bridgehead atoms. The largest absolute Gasteiger partial charge is 0.480 e. The van der Waals surface area contributed by atoms with Crippen molar-refractivity contribution in [2.45, 2.75) is 58.0 Å². The molecule has 98 valence electrons. The summed E-state index contributed by atoms with van der Waals surface area (Å²) in [6.45, 7) is 4.55. The average molecular weight is 242 g/mol. The molecular formula is C12H22N2O3. The molecule has 1 unspecified atom stereocenters. The number of nitrogens with one attached hydrogen (secondary N) is 1. The lowest BCUT2D eigenvalue weighted by atomic mass is 10.0. The molecule has 1 heterocycles. The molecule has 1 aliphatic heterocycles. The van der Waals surface area contributed by atoms with Gasteiger partial charge in [0.15, 0.2) is 0 Å². The van der Waals surface area contributed by atoms with Crippen LogP contribution in [0.25, 0.3) is 0 Å². The van der Waals surface area contributed by atoms with E-state index in [1.165, 1.54) is 0 Å². The molecule has 5 nitrogen and oxygen atoms in total. The second-order valence-electron chi connectivity index (χ2n) is 4.50. The summed E-state index contributed by atoms with van der Waals surface area (Å²) >= 11 is 0. The number of carbonyl (C=O) groups excluding carboxylic acids is 1. The van der Waals surface area contributed by atoms with E-state index in [4.69, 9.17) is 5.11 Å². The van der Waals surface area contributed by atoms with Gasteiger partial charge >= 0.3 is 12.0 Å². The maximum atomic E-state index is 12.0. The Morgan fingerprint density at radius 2 is 2.12 bits per heavy atom. The predicted octanol–water partition coefficient (Wildman–Crippen LogP) is 1.82. The highest BCUT2D eigenvalue weighted by molar-refractivity contribution is 5.82. The molecule has 0 radical (unpaired) electrons. The Morgan fingerprint density at radius 1 is 1.41 bits per heavy atom. The highest BCUT2D eigenvalue weighted by Crippen LogP contribution is 2.19. The van der Waals surface area contributed by atoms with Crippen LogP contribution in [0.3, 0.4) is 0 Å². The maximum Gasteiger partial charge on any atom is 0.326 e. The number of urea groups is 1. The Kier molecular flexibility index (Phi) is 5.25. The average Bonchev–Trinajstić information content (AvgIpc) is 2.35. The highest BCUT2D eigenvalue weighted by Gasteiger charge is 2.27. The third-order valence-electron chi connectivity index (χ3n) is 3.36. The number of carboxylic acid groups (broad SMARTS) is 1. The lowest BCUT2D eigenvalue weighted by Crippen LogP contribution is -2.52. The summed E-state index contributed by atoms with van der Waals surface area (Å²) in [7, 11) is 0. The molecule has 1 rings (SSSR count). The van der Waals surface area contributed by atoms with Crippen molar-refractivity contribution in [3.05, 3.63) is 0 Å². The standard InChI is InChI=1S/C12H22N2O3/c1-3-9-7-5-6-8-14(9)12(17)13-10(4-2)11(15)16/h9-10H,3-8H2,1-2H3,(H,13,17)(H,15,16)/t9?,10-/m1/s1. The Morgan fingerprint density at radius 3 is 2.65 bits per heavy atom. The van der Waals surface area contributed by atoms with Crippen LogP contribution < -0.4 is 5.32 Å². The number of carbonyl (C=O) groups is 2. The van der Waals surface area contributed by atoms with E-state index >= 15 is 0 Å². The van der Waals surface area contributed by atoms with E-state index in [-0.39, 0.29) is 12.1 Å². The van der Waals surface area contributed by atoms with Crippen LogP contribution in [0.4, 0.5) is 4.79 Å². The van der Waals surface area contributed by atoms with Crippen molar-refractivity contribution in [1.82, 2.24) is 10.2 Å². The molecule has 0 spiro atoms. The lowest BCUT2D eigenvalue weighted by molar-refractivity contribution is -0.139. The zero-order valence-electron chi connectivity index (χ0n) is 10.6. The molecule has 2 atom stereocenters. The highest BCUT2D eigenvalue weighted by atomic mass is 16.4. The molecule has 0 aromatic carbocycles. The molecule has 2 N–H and O–H groups in total. The third-order valence-corrected chi connectivity index (χ3v) is 3.36. The van der Waals surface area contributed by atoms with Crippen LogP contribution in [0.2, 0.25) is 0 Å². The Balaban J connectivity index is 2.58. The topological polar surface area (TPSA) is 69.6 Å². The molecule has 1 aliphatic rings. The number of aliphatic carboxylic acids is 1. The van der Waals surface area contributed by atoms with E-state index in [0.717, 1.165) is 32.2 Å². The van der Waals surface area contributed by atoms with Gasteiger partial charge < -0.3 is 15.3 Å². The minimum atomic E-state index is -0.967. The van der Waals surface area contributed by atoms with Crippen LogP contribution >= 0.6 is 0 Å². The van der Waals surface area contributed by atoms with Gasteiger partial charge in [-0.1, -0.05) is 13.8 Å². The first-order chi connectivity index (χ1) is 8.10. The normalized spacial score (nSPS) is 22.0. The van der Waals surface area contributed by atoms with Gasteiger partial charge in [0.1, 0.15) is 6.04 Å². The molecule has 1 fully saturated rings. The summed E-state index contributed by atoms with van der Waals surface area (Å²) in [4.78, 5) is 24.6. The minimum Gasteiger partial charge on any atom is -0.480 e. The van der Waals surface area contributed by atoms with Crippen molar-refractivity contribution in [2.75, 3.05) is 6.54 Å². The summed E-state index contributed by atoms with van der Waals surface area (Å²) in [6.07, 6.45) is 4.52. The van der Waals surface area contributed by atoms with Crippen molar-refractivity contribution in [3.63, 3.8) is 0 Å². The first-order valence-electron chi connectivity index (χ1n) is 6.40. The molecule has 0 aromatic heterocycles. The van der Waals surface area contributed by atoms with Crippen molar-refractivity contribution >= 4 is 12.0 Å². The lowest BCUT2D eigenvalue weighted by Gasteiger charge is -2.35. The number of hydrogen-bond donors (Lipinski definition) is 2. The van der Waals surface area contributed by atoms with Crippen LogP contribution in [0.5, 0.6) is 0 Å². The third kappa shape index (κ3) is 3.61. The van der Waals surface area contributed by atoms with Crippen molar-refractivity contribution in [2.24, 2.45) is 0 Å². The Bertz CT molecular complexity index is 281. The molecule has 2 amide bonds. The fourth-order valence-electron chi connectivity index (χ4n) is 2.26. The zero-order chi connectivity index (χ0) is 12.8. The second kappa shape index (κ2) is 6.47. The van der Waals surface area contributed by atoms with Gasteiger partial charge in [0.05, 0.1) is 0 Å². The van der Waals surface area contributed by atoms with Gasteiger partial charge in [-0.2, -0.15) is 0 Å². The molecule has 17 heavy (non-hydrogen) atoms. The summed E-state index contributed by atoms with van der Waals surface area (Å²) in [5.41, 5.74) is 0. The predicted molar refractivity (Wildman–Crippen MR) is 64.9 cm³/mol. The van der Waals surface area contributed by atoms with Gasteiger partial charge in [-0.05, 0) is 32.1 Å². The molecule has 0 aromatic rings. The van der Waals surface area contributed by atoms with E-state index in [1.807, 2.05) is 0 Å². The van der Waals surface area contributed by atoms with E-state index in [9.17, 15) is 9.59 Å². The maximum absolute atomic E-state index is 12.0. The quantitative estimate of drug-likeness (QED) is 0.790. The number of carboxylic acids is 1. The van der Waals surface area contributed by atoms with Crippen molar-refractivity contribution < 1.29 is 14.7 Å². The number of piperidine rings is 1. The number of nitrogens with zero attached hydrogens (tertiary/aromatic N) is 1. The fraction of sp³-hybridized carbons (Fsp3) is 0.833. The summed E-state index contributed by atoms with van der Waals surface area (Å²) in [6, 6.07) is -0.747. The Labute approximate surface area is 102 Å². The summed E-state index contributed by atoms with van der Waals surface area (Å²) < 4.78 is 0. The molecule has 5 heteroatoms. The van der Waals surface area contributed by atoms with Crippen LogP contribution in [0.15, 0.2) is 0 Å². The van der Waals surface area contributed by atoms with E-state index < -0.39 is 12.0 Å². The smallest absolute Gasteiger partial charge is 0.326 e. The van der Waals surface area contributed by atoms with Gasteiger partial charge in [0.2, 0.25) is 0 Å². The number of likely N-dealkylation sites (tertiary alicyclic amines) is 1. The van der Waals surface area contributed by atoms with Gasteiger partial charge in [0.25, 0.3) is 0 Å². The zero-order valence-corrected chi connectivity index (χ0v) is 10.6. The van der Waals surface area contributed by atoms with Crippen molar-refractivity contribution in [3.8, 4) is 0 Å². The molecular weight excluding hydrogens is 220 g/mol. The number of hydrogen-bond acceptors (Lipinski definition) is 2. The second-order valence-corrected chi connectivity index (χ2v) is 4.50. The van der Waals surface area contributed by atoms with Gasteiger partial charge in [-0.25, -0.2) is 9.59 Å². The van der Waals surface area contributed by atoms with E-state index in [0.29, 0.717) is 6.42 Å². The van der Waals surface area contributed by atoms with E-state index in [2.05, 4.69) is 12.2 Å². The van der Waals surface area contributed by atoms with Crippen LogP contribution in [-0.2, 0) is 4.79 Å².